The summed E-state index contributed by atoms with van der Waals surface area (Å²) in [5.41, 5.74) is 2.33. The molecular weight excluding hydrogens is 274 g/mol. The predicted octanol–water partition coefficient (Wildman–Crippen LogP) is 4.05. The quantitative estimate of drug-likeness (QED) is 0.856. The van der Waals surface area contributed by atoms with Gasteiger partial charge in [0, 0.05) is 44.5 Å². The monoisotopic (exact) mass is 303 g/mol. The Kier molecular flexibility index (Phi) is 9.00. The van der Waals surface area contributed by atoms with Crippen LogP contribution in [0.4, 0.5) is 5.69 Å². The Labute approximate surface area is 134 Å². The Bertz CT molecular complexity index is 462. The van der Waals surface area contributed by atoms with E-state index in [2.05, 4.69) is 45.3 Å². The van der Waals surface area contributed by atoms with E-state index in [1.165, 1.54) is 5.69 Å². The van der Waals surface area contributed by atoms with Crippen molar-refractivity contribution in [3.63, 3.8) is 0 Å². The van der Waals surface area contributed by atoms with Gasteiger partial charge in [0.15, 0.2) is 0 Å². The minimum absolute atomic E-state index is 0.888. The second kappa shape index (κ2) is 10.9. The van der Waals surface area contributed by atoms with Gasteiger partial charge in [0.05, 0.1) is 5.69 Å². The van der Waals surface area contributed by atoms with E-state index in [0.717, 1.165) is 38.4 Å². The Hall–Kier alpha value is -1.81. The molecule has 1 aliphatic heterocycles. The summed E-state index contributed by atoms with van der Waals surface area (Å²) in [7, 11) is 0. The maximum absolute atomic E-state index is 4.86. The summed E-state index contributed by atoms with van der Waals surface area (Å²) >= 11 is 0. The van der Waals surface area contributed by atoms with Gasteiger partial charge in [0.25, 0.3) is 0 Å². The van der Waals surface area contributed by atoms with Crippen molar-refractivity contribution in [2.24, 2.45) is 0 Å². The Balaban J connectivity index is 0.000000561. The largest absolute Gasteiger partial charge is 0.369 e. The molecule has 2 aromatic rings. The summed E-state index contributed by atoms with van der Waals surface area (Å²) in [6.07, 6.45) is 1.63. The molecule has 0 aliphatic carbocycles. The normalized spacial score (nSPS) is 14.5. The third-order valence-electron chi connectivity index (χ3n) is 3.37. The molecular formula is C18H29N3O. The second-order valence-electron chi connectivity index (χ2n) is 4.59. The molecule has 1 aromatic carbocycles. The Morgan fingerprint density at radius 3 is 2.09 bits per heavy atom. The first kappa shape index (κ1) is 18.2. The van der Waals surface area contributed by atoms with Crippen LogP contribution in [0.15, 0.2) is 47.2 Å². The molecule has 0 unspecified atom stereocenters. The lowest BCUT2D eigenvalue weighted by Crippen LogP contribution is -2.46. The molecule has 22 heavy (non-hydrogen) atoms. The summed E-state index contributed by atoms with van der Waals surface area (Å²) in [5.74, 6) is 0. The highest BCUT2D eigenvalue weighted by Crippen LogP contribution is 2.16. The van der Waals surface area contributed by atoms with E-state index in [-0.39, 0.29) is 0 Å². The first-order valence-electron chi connectivity index (χ1n) is 8.33. The molecule has 0 N–H and O–H groups in total. The van der Waals surface area contributed by atoms with Crippen molar-refractivity contribution in [2.45, 2.75) is 34.2 Å². The van der Waals surface area contributed by atoms with E-state index < -0.39 is 0 Å². The van der Waals surface area contributed by atoms with Crippen LogP contribution in [0.25, 0.3) is 0 Å². The molecule has 122 valence electrons. The SMILES string of the molecule is CC.CC.c1ccc(N2CCN(Cc3ccon3)CC2)cc1. The summed E-state index contributed by atoms with van der Waals surface area (Å²) in [6, 6.07) is 12.5. The topological polar surface area (TPSA) is 32.5 Å². The zero-order chi connectivity index (χ0) is 16.2. The third kappa shape index (κ3) is 5.53. The van der Waals surface area contributed by atoms with Gasteiger partial charge in [0.1, 0.15) is 6.26 Å². The molecule has 0 radical (unpaired) electrons. The van der Waals surface area contributed by atoms with E-state index in [1.54, 1.807) is 6.26 Å². The molecule has 4 nitrogen and oxygen atoms in total. The van der Waals surface area contributed by atoms with Gasteiger partial charge in [-0.15, -0.1) is 0 Å². The molecule has 1 aromatic heterocycles. The van der Waals surface area contributed by atoms with Crippen LogP contribution in [-0.4, -0.2) is 36.2 Å². The molecule has 1 aliphatic rings. The average molecular weight is 303 g/mol. The zero-order valence-corrected chi connectivity index (χ0v) is 14.3. The fraction of sp³-hybridized carbons (Fsp3) is 0.500. The van der Waals surface area contributed by atoms with Crippen LogP contribution in [0.3, 0.4) is 0 Å². The highest BCUT2D eigenvalue weighted by Gasteiger charge is 2.17. The molecule has 3 rings (SSSR count). The molecule has 0 saturated carbocycles. The molecule has 1 saturated heterocycles. The number of hydrogen-bond donors (Lipinski definition) is 0. The Morgan fingerprint density at radius 2 is 1.55 bits per heavy atom. The number of hydrogen-bond acceptors (Lipinski definition) is 4. The molecule has 0 spiro atoms. The van der Waals surface area contributed by atoms with Crippen molar-refractivity contribution in [1.82, 2.24) is 10.1 Å². The standard InChI is InChI=1S/C14H17N3O.2C2H6/c1-2-4-14(5-3-1)17-9-7-16(8-10-17)12-13-6-11-18-15-13;2*1-2/h1-6,11H,7-10,12H2;2*1-2H3. The van der Waals surface area contributed by atoms with Crippen LogP contribution in [-0.2, 0) is 6.54 Å². The molecule has 2 heterocycles. The lowest BCUT2D eigenvalue weighted by Gasteiger charge is -2.35. The minimum Gasteiger partial charge on any atom is -0.369 e. The van der Waals surface area contributed by atoms with Crippen LogP contribution < -0.4 is 4.90 Å². The predicted molar refractivity (Wildman–Crippen MR) is 93.1 cm³/mol. The molecule has 1 fully saturated rings. The van der Waals surface area contributed by atoms with E-state index in [0.29, 0.717) is 0 Å². The Morgan fingerprint density at radius 1 is 0.909 bits per heavy atom. The maximum Gasteiger partial charge on any atom is 0.124 e. The van der Waals surface area contributed by atoms with Gasteiger partial charge in [-0.25, -0.2) is 0 Å². The van der Waals surface area contributed by atoms with E-state index in [9.17, 15) is 0 Å². The highest BCUT2D eigenvalue weighted by molar-refractivity contribution is 5.46. The van der Waals surface area contributed by atoms with E-state index in [4.69, 9.17) is 4.52 Å². The van der Waals surface area contributed by atoms with Crippen molar-refractivity contribution in [3.8, 4) is 0 Å². The summed E-state index contributed by atoms with van der Waals surface area (Å²) in [4.78, 5) is 4.84. The average Bonchev–Trinajstić information content (AvgIpc) is 3.13. The van der Waals surface area contributed by atoms with Crippen LogP contribution in [0.1, 0.15) is 33.4 Å². The van der Waals surface area contributed by atoms with E-state index >= 15 is 0 Å². The fourth-order valence-electron chi connectivity index (χ4n) is 2.35. The zero-order valence-electron chi connectivity index (χ0n) is 14.3. The number of benzene rings is 1. The smallest absolute Gasteiger partial charge is 0.124 e. The van der Waals surface area contributed by atoms with Crippen LogP contribution in [0.5, 0.6) is 0 Å². The van der Waals surface area contributed by atoms with Gasteiger partial charge < -0.3 is 9.42 Å². The van der Waals surface area contributed by atoms with Crippen molar-refractivity contribution in [3.05, 3.63) is 48.4 Å². The van der Waals surface area contributed by atoms with Gasteiger partial charge >= 0.3 is 0 Å². The van der Waals surface area contributed by atoms with Crippen molar-refractivity contribution < 1.29 is 4.52 Å². The van der Waals surface area contributed by atoms with Crippen LogP contribution >= 0.6 is 0 Å². The number of piperazine rings is 1. The van der Waals surface area contributed by atoms with Gasteiger partial charge in [-0.1, -0.05) is 51.1 Å². The number of aromatic nitrogens is 1. The van der Waals surface area contributed by atoms with E-state index in [1.807, 2.05) is 33.8 Å². The number of para-hydroxylation sites is 1. The summed E-state index contributed by atoms with van der Waals surface area (Å²) in [5, 5.41) is 3.96. The molecule has 0 atom stereocenters. The lowest BCUT2D eigenvalue weighted by molar-refractivity contribution is 0.242. The summed E-state index contributed by atoms with van der Waals surface area (Å²) < 4.78 is 4.86. The molecule has 0 bridgehead atoms. The highest BCUT2D eigenvalue weighted by atomic mass is 16.5. The molecule has 4 heteroatoms. The van der Waals surface area contributed by atoms with Crippen LogP contribution in [0, 0.1) is 0 Å². The van der Waals surface area contributed by atoms with Gasteiger partial charge in [-0.3, -0.25) is 4.90 Å². The second-order valence-corrected chi connectivity index (χ2v) is 4.59. The number of rotatable bonds is 3. The van der Waals surface area contributed by atoms with Crippen LogP contribution in [0.2, 0.25) is 0 Å². The molecule has 0 amide bonds. The lowest BCUT2D eigenvalue weighted by atomic mass is 10.2. The maximum atomic E-state index is 4.86. The summed E-state index contributed by atoms with van der Waals surface area (Å²) in [6.45, 7) is 13.2. The van der Waals surface area contributed by atoms with Crippen molar-refractivity contribution >= 4 is 5.69 Å². The number of nitrogens with zero attached hydrogens (tertiary/aromatic N) is 3. The first-order valence-corrected chi connectivity index (χ1v) is 8.33. The van der Waals surface area contributed by atoms with Gasteiger partial charge in [-0.05, 0) is 12.1 Å². The minimum atomic E-state index is 0.888. The number of anilines is 1. The third-order valence-corrected chi connectivity index (χ3v) is 3.37. The van der Waals surface area contributed by atoms with Crippen molar-refractivity contribution in [1.29, 1.82) is 0 Å². The van der Waals surface area contributed by atoms with Gasteiger partial charge in [0.2, 0.25) is 0 Å². The fourth-order valence-corrected chi connectivity index (χ4v) is 2.35. The van der Waals surface area contributed by atoms with Gasteiger partial charge in [-0.2, -0.15) is 0 Å². The van der Waals surface area contributed by atoms with Crippen molar-refractivity contribution in [2.75, 3.05) is 31.1 Å². The first-order chi connectivity index (χ1) is 10.9.